The number of hydrogen-bond acceptors (Lipinski definition) is 1. The summed E-state index contributed by atoms with van der Waals surface area (Å²) in [5.41, 5.74) is 1.42. The van der Waals surface area contributed by atoms with E-state index in [1.165, 1.54) is 25.5 Å². The Hall–Kier alpha value is -0.590. The number of carbonyl (C=O) groups is 1. The fourth-order valence-corrected chi connectivity index (χ4v) is 4.51. The zero-order valence-electron chi connectivity index (χ0n) is 11.8. The van der Waals surface area contributed by atoms with Crippen molar-refractivity contribution in [1.29, 1.82) is 0 Å². The van der Waals surface area contributed by atoms with Gasteiger partial charge in [0, 0.05) is 5.41 Å². The fourth-order valence-electron chi connectivity index (χ4n) is 4.51. The van der Waals surface area contributed by atoms with Crippen molar-refractivity contribution < 1.29 is 4.79 Å². The number of aldehydes is 1. The number of carbonyl (C=O) groups excluding carboxylic acids is 1. The molecule has 0 heterocycles. The average Bonchev–Trinajstić information content (AvgIpc) is 2.27. The zero-order chi connectivity index (χ0) is 12.8. The normalized spacial score (nSPS) is 37.8. The van der Waals surface area contributed by atoms with Crippen LogP contribution in [0.5, 0.6) is 0 Å². The van der Waals surface area contributed by atoms with Crippen molar-refractivity contribution in [3.05, 3.63) is 12.2 Å². The molecule has 0 aromatic carbocycles. The summed E-state index contributed by atoms with van der Waals surface area (Å²) in [6, 6.07) is 0. The van der Waals surface area contributed by atoms with Crippen molar-refractivity contribution in [2.24, 2.45) is 28.6 Å². The zero-order valence-corrected chi connectivity index (χ0v) is 11.8. The van der Waals surface area contributed by atoms with E-state index in [2.05, 4.69) is 27.4 Å². The Morgan fingerprint density at radius 2 is 2.12 bits per heavy atom. The van der Waals surface area contributed by atoms with E-state index in [-0.39, 0.29) is 5.41 Å². The largest absolute Gasteiger partial charge is 0.303 e. The molecule has 0 spiro atoms. The van der Waals surface area contributed by atoms with Gasteiger partial charge < -0.3 is 4.79 Å². The maximum atomic E-state index is 11.6. The van der Waals surface area contributed by atoms with E-state index in [9.17, 15) is 4.79 Å². The highest BCUT2D eigenvalue weighted by atomic mass is 16.1. The van der Waals surface area contributed by atoms with E-state index in [4.69, 9.17) is 0 Å². The van der Waals surface area contributed by atoms with Gasteiger partial charge in [-0.15, -0.1) is 6.58 Å². The molecule has 0 saturated heterocycles. The van der Waals surface area contributed by atoms with Crippen LogP contribution in [0.15, 0.2) is 12.2 Å². The van der Waals surface area contributed by atoms with Crippen LogP contribution < -0.4 is 0 Å². The molecule has 4 atom stereocenters. The Morgan fingerprint density at radius 1 is 1.47 bits per heavy atom. The summed E-state index contributed by atoms with van der Waals surface area (Å²) < 4.78 is 0. The van der Waals surface area contributed by atoms with Gasteiger partial charge in [0.15, 0.2) is 0 Å². The smallest absolute Gasteiger partial charge is 0.126 e. The lowest BCUT2D eigenvalue weighted by atomic mass is 9.42. The SMILES string of the molecule is C=C(C)CC(C)(C=O)C1CCC2CC1C2(C)C. The Bertz CT molecular complexity index is 339. The summed E-state index contributed by atoms with van der Waals surface area (Å²) in [7, 11) is 0. The molecule has 1 nitrogen and oxygen atoms in total. The molecule has 0 N–H and O–H groups in total. The maximum Gasteiger partial charge on any atom is 0.126 e. The first-order chi connectivity index (χ1) is 7.81. The first-order valence-electron chi connectivity index (χ1n) is 6.92. The van der Waals surface area contributed by atoms with Gasteiger partial charge in [0.2, 0.25) is 0 Å². The summed E-state index contributed by atoms with van der Waals surface area (Å²) in [4.78, 5) is 11.6. The first kappa shape index (κ1) is 12.9. The van der Waals surface area contributed by atoms with Gasteiger partial charge in [0.25, 0.3) is 0 Å². The van der Waals surface area contributed by atoms with Crippen LogP contribution in [0, 0.1) is 28.6 Å². The van der Waals surface area contributed by atoms with E-state index in [0.717, 1.165) is 23.8 Å². The van der Waals surface area contributed by atoms with Crippen molar-refractivity contribution >= 4 is 6.29 Å². The molecule has 3 rings (SSSR count). The van der Waals surface area contributed by atoms with E-state index in [0.29, 0.717) is 11.3 Å². The van der Waals surface area contributed by atoms with Gasteiger partial charge in [-0.2, -0.15) is 0 Å². The molecule has 3 saturated carbocycles. The summed E-state index contributed by atoms with van der Waals surface area (Å²) in [5.74, 6) is 2.22. The third-order valence-electron chi connectivity index (χ3n) is 5.66. The van der Waals surface area contributed by atoms with Crippen LogP contribution in [0.2, 0.25) is 0 Å². The highest BCUT2D eigenvalue weighted by molar-refractivity contribution is 5.60. The van der Waals surface area contributed by atoms with Crippen molar-refractivity contribution in [2.75, 3.05) is 0 Å². The summed E-state index contributed by atoms with van der Waals surface area (Å²) in [6.45, 7) is 13.0. The molecular weight excluding hydrogens is 208 g/mol. The monoisotopic (exact) mass is 234 g/mol. The molecule has 2 bridgehead atoms. The minimum Gasteiger partial charge on any atom is -0.303 e. The minimum absolute atomic E-state index is 0.181. The predicted octanol–water partition coefficient (Wildman–Crippen LogP) is 4.23. The van der Waals surface area contributed by atoms with Gasteiger partial charge in [0.05, 0.1) is 0 Å². The maximum absolute atomic E-state index is 11.6. The topological polar surface area (TPSA) is 17.1 Å². The van der Waals surface area contributed by atoms with Crippen LogP contribution in [0.1, 0.15) is 53.4 Å². The van der Waals surface area contributed by atoms with E-state index >= 15 is 0 Å². The van der Waals surface area contributed by atoms with Gasteiger partial charge in [-0.25, -0.2) is 0 Å². The Balaban J connectivity index is 2.20. The highest BCUT2D eigenvalue weighted by Gasteiger charge is 2.58. The molecule has 3 fully saturated rings. The van der Waals surface area contributed by atoms with Crippen LogP contribution in [-0.2, 0) is 4.79 Å². The van der Waals surface area contributed by atoms with Crippen LogP contribution in [0.3, 0.4) is 0 Å². The van der Waals surface area contributed by atoms with Crippen LogP contribution in [0.4, 0.5) is 0 Å². The van der Waals surface area contributed by atoms with Gasteiger partial charge in [0.1, 0.15) is 6.29 Å². The lowest BCUT2D eigenvalue weighted by Gasteiger charge is -2.63. The molecule has 0 aromatic heterocycles. The average molecular weight is 234 g/mol. The summed E-state index contributed by atoms with van der Waals surface area (Å²) >= 11 is 0. The van der Waals surface area contributed by atoms with Gasteiger partial charge in [-0.1, -0.05) is 26.3 Å². The quantitative estimate of drug-likeness (QED) is 0.525. The number of rotatable bonds is 4. The molecular formula is C16H26O. The van der Waals surface area contributed by atoms with Crippen LogP contribution in [0.25, 0.3) is 0 Å². The Morgan fingerprint density at radius 3 is 2.53 bits per heavy atom. The Labute approximate surface area is 106 Å². The van der Waals surface area contributed by atoms with Gasteiger partial charge in [-0.3, -0.25) is 0 Å². The molecule has 0 aliphatic heterocycles. The lowest BCUT2D eigenvalue weighted by Crippen LogP contribution is -2.56. The molecule has 3 aliphatic rings. The van der Waals surface area contributed by atoms with E-state index < -0.39 is 0 Å². The molecule has 0 radical (unpaired) electrons. The van der Waals surface area contributed by atoms with Crippen LogP contribution in [-0.4, -0.2) is 6.29 Å². The van der Waals surface area contributed by atoms with Crippen molar-refractivity contribution in [1.82, 2.24) is 0 Å². The van der Waals surface area contributed by atoms with Gasteiger partial charge in [-0.05, 0) is 55.8 Å². The number of hydrogen-bond donors (Lipinski definition) is 0. The van der Waals surface area contributed by atoms with Gasteiger partial charge >= 0.3 is 0 Å². The highest BCUT2D eigenvalue weighted by Crippen LogP contribution is 2.64. The van der Waals surface area contributed by atoms with Crippen LogP contribution >= 0.6 is 0 Å². The molecule has 17 heavy (non-hydrogen) atoms. The minimum atomic E-state index is -0.181. The third kappa shape index (κ3) is 1.88. The van der Waals surface area contributed by atoms with E-state index in [1.807, 2.05) is 6.92 Å². The second-order valence-electron chi connectivity index (χ2n) is 7.30. The standard InChI is InChI=1S/C16H26O/c1-11(2)9-16(5,10-17)13-7-6-12-8-14(13)15(12,3)4/h10,12-14H,1,6-9H2,2-5H3. The fraction of sp³-hybridized carbons (Fsp3) is 0.812. The molecule has 3 aliphatic carbocycles. The van der Waals surface area contributed by atoms with Crippen molar-refractivity contribution in [3.63, 3.8) is 0 Å². The third-order valence-corrected chi connectivity index (χ3v) is 5.66. The predicted molar refractivity (Wildman–Crippen MR) is 71.7 cm³/mol. The number of allylic oxidation sites excluding steroid dienone is 1. The number of fused-ring (bicyclic) bond motifs is 2. The van der Waals surface area contributed by atoms with Crippen molar-refractivity contribution in [2.45, 2.75) is 53.4 Å². The first-order valence-corrected chi connectivity index (χ1v) is 6.92. The molecule has 96 valence electrons. The molecule has 1 heteroatoms. The van der Waals surface area contributed by atoms with E-state index in [1.54, 1.807) is 0 Å². The molecule has 4 unspecified atom stereocenters. The summed E-state index contributed by atoms with van der Waals surface area (Å²) in [5, 5.41) is 0. The second-order valence-corrected chi connectivity index (χ2v) is 7.30. The summed E-state index contributed by atoms with van der Waals surface area (Å²) in [6.07, 6.45) is 5.96. The van der Waals surface area contributed by atoms with Crippen molar-refractivity contribution in [3.8, 4) is 0 Å². The molecule has 0 amide bonds. The lowest BCUT2D eigenvalue weighted by molar-refractivity contribution is -0.150. The second kappa shape index (κ2) is 3.96. The Kier molecular flexibility index (Phi) is 3.00. The molecule has 0 aromatic rings.